The summed E-state index contributed by atoms with van der Waals surface area (Å²) in [7, 11) is 0. The predicted molar refractivity (Wildman–Crippen MR) is 126 cm³/mol. The van der Waals surface area contributed by atoms with Gasteiger partial charge in [-0.15, -0.1) is 0 Å². The number of carbonyl (C=O) groups is 1. The van der Waals surface area contributed by atoms with Gasteiger partial charge in [0.2, 0.25) is 5.91 Å². The molecular weight excluding hydrogens is 489 g/mol. The maximum Gasteiger partial charge on any atom is 0.246 e. The Morgan fingerprint density at radius 1 is 1.12 bits per heavy atom. The van der Waals surface area contributed by atoms with Gasteiger partial charge in [-0.2, -0.15) is 0 Å². The van der Waals surface area contributed by atoms with E-state index in [0.29, 0.717) is 37.4 Å². The number of hydrogen-bond donors (Lipinski definition) is 1. The van der Waals surface area contributed by atoms with Crippen LogP contribution in [0.15, 0.2) is 31.1 Å². The van der Waals surface area contributed by atoms with Gasteiger partial charge in [-0.05, 0) is 18.2 Å². The SMILES string of the molecule is C=CC(=O)N1CCN(c2ncnc3c(F)c(-c4cc(F)c(F)c5sc(N)nc45)c(Cl)cc23)CC1. The number of nitrogens with zero attached hydrogens (tertiary/aromatic N) is 5. The normalized spacial score (nSPS) is 14.2. The number of aromatic nitrogens is 3. The van der Waals surface area contributed by atoms with E-state index in [-0.39, 0.29) is 42.9 Å². The van der Waals surface area contributed by atoms with E-state index in [0.717, 1.165) is 17.4 Å². The molecule has 0 radical (unpaired) electrons. The van der Waals surface area contributed by atoms with Crippen molar-refractivity contribution in [1.82, 2.24) is 19.9 Å². The molecule has 3 heterocycles. The van der Waals surface area contributed by atoms with Gasteiger partial charge in [-0.1, -0.05) is 29.5 Å². The summed E-state index contributed by atoms with van der Waals surface area (Å²) >= 11 is 7.25. The molecule has 0 saturated carbocycles. The van der Waals surface area contributed by atoms with Crippen LogP contribution >= 0.6 is 22.9 Å². The number of amides is 1. The molecule has 34 heavy (non-hydrogen) atoms. The smallest absolute Gasteiger partial charge is 0.246 e. The highest BCUT2D eigenvalue weighted by molar-refractivity contribution is 7.22. The number of benzene rings is 2. The first-order valence-corrected chi connectivity index (χ1v) is 11.3. The summed E-state index contributed by atoms with van der Waals surface area (Å²) < 4.78 is 44.3. The van der Waals surface area contributed by atoms with Gasteiger partial charge in [0.05, 0.1) is 15.2 Å². The van der Waals surface area contributed by atoms with Gasteiger partial charge in [0, 0.05) is 42.7 Å². The molecular formula is C22H16ClF3N6OS. The minimum Gasteiger partial charge on any atom is -0.375 e. The van der Waals surface area contributed by atoms with Crippen LogP contribution in [0, 0.1) is 17.5 Å². The van der Waals surface area contributed by atoms with Crippen LogP contribution in [-0.4, -0.2) is 51.9 Å². The number of thiazole rings is 1. The molecule has 0 atom stereocenters. The fourth-order valence-electron chi connectivity index (χ4n) is 4.11. The highest BCUT2D eigenvalue weighted by Gasteiger charge is 2.26. The van der Waals surface area contributed by atoms with E-state index in [1.54, 1.807) is 4.90 Å². The van der Waals surface area contributed by atoms with Crippen LogP contribution in [0.3, 0.4) is 0 Å². The van der Waals surface area contributed by atoms with Crippen LogP contribution in [0.5, 0.6) is 0 Å². The van der Waals surface area contributed by atoms with Crippen molar-refractivity contribution in [1.29, 1.82) is 0 Å². The second-order valence-electron chi connectivity index (χ2n) is 7.61. The molecule has 2 aromatic carbocycles. The lowest BCUT2D eigenvalue weighted by molar-refractivity contribution is -0.126. The van der Waals surface area contributed by atoms with E-state index < -0.39 is 17.5 Å². The summed E-state index contributed by atoms with van der Waals surface area (Å²) in [6.07, 6.45) is 2.49. The minimum atomic E-state index is -1.17. The minimum absolute atomic E-state index is 0.0109. The Morgan fingerprint density at radius 2 is 1.85 bits per heavy atom. The first-order valence-electron chi connectivity index (χ1n) is 10.1. The van der Waals surface area contributed by atoms with Gasteiger partial charge in [0.1, 0.15) is 17.7 Å². The molecule has 5 rings (SSSR count). The third-order valence-electron chi connectivity index (χ3n) is 5.71. The van der Waals surface area contributed by atoms with Crippen LogP contribution in [0.25, 0.3) is 32.2 Å². The van der Waals surface area contributed by atoms with E-state index >= 15 is 4.39 Å². The molecule has 0 spiro atoms. The van der Waals surface area contributed by atoms with E-state index in [1.807, 2.05) is 4.90 Å². The number of anilines is 2. The van der Waals surface area contributed by atoms with Crippen LogP contribution in [0.1, 0.15) is 0 Å². The maximum absolute atomic E-state index is 15.8. The lowest BCUT2D eigenvalue weighted by Crippen LogP contribution is -2.48. The molecule has 2 N–H and O–H groups in total. The molecule has 0 bridgehead atoms. The monoisotopic (exact) mass is 504 g/mol. The summed E-state index contributed by atoms with van der Waals surface area (Å²) in [5.74, 6) is -2.80. The molecule has 0 aliphatic carbocycles. The van der Waals surface area contributed by atoms with E-state index in [2.05, 4.69) is 21.5 Å². The first-order chi connectivity index (χ1) is 16.3. The van der Waals surface area contributed by atoms with Crippen molar-refractivity contribution >= 4 is 60.9 Å². The van der Waals surface area contributed by atoms with E-state index in [9.17, 15) is 13.6 Å². The summed E-state index contributed by atoms with van der Waals surface area (Å²) in [5.41, 5.74) is 5.50. The van der Waals surface area contributed by atoms with Crippen molar-refractivity contribution in [2.75, 3.05) is 36.8 Å². The number of piperazine rings is 1. The van der Waals surface area contributed by atoms with Gasteiger partial charge in [-0.3, -0.25) is 4.79 Å². The molecule has 4 aromatic rings. The molecule has 1 aliphatic heterocycles. The standard InChI is InChI=1S/C22H16ClF3N6OS/c1-2-14(33)31-3-5-32(6-4-31)21-11-7-12(23)15(17(26)18(11)28-9-29-21)10-8-13(24)16(25)20-19(10)30-22(27)34-20/h2,7-9H,1,3-6H2,(H2,27,30). The quantitative estimate of drug-likeness (QED) is 0.416. The Balaban J connectivity index is 1.63. The summed E-state index contributed by atoms with van der Waals surface area (Å²) in [4.78, 5) is 27.9. The molecule has 12 heteroatoms. The van der Waals surface area contributed by atoms with Crippen molar-refractivity contribution in [2.45, 2.75) is 0 Å². The van der Waals surface area contributed by atoms with Crippen LogP contribution < -0.4 is 10.6 Å². The van der Waals surface area contributed by atoms with Gasteiger partial charge < -0.3 is 15.5 Å². The second kappa shape index (κ2) is 8.41. The molecule has 1 fully saturated rings. The van der Waals surface area contributed by atoms with Crippen molar-refractivity contribution in [3.8, 4) is 11.1 Å². The number of nitrogen functional groups attached to an aromatic ring is 1. The Morgan fingerprint density at radius 3 is 2.56 bits per heavy atom. The predicted octanol–water partition coefficient (Wildman–Crippen LogP) is 4.39. The Kier molecular flexibility index (Phi) is 5.53. The number of carbonyl (C=O) groups excluding carboxylic acids is 1. The second-order valence-corrected chi connectivity index (χ2v) is 9.04. The van der Waals surface area contributed by atoms with Crippen molar-refractivity contribution in [3.05, 3.63) is 53.6 Å². The molecule has 174 valence electrons. The zero-order valence-corrected chi connectivity index (χ0v) is 19.1. The topological polar surface area (TPSA) is 88.2 Å². The zero-order valence-electron chi connectivity index (χ0n) is 17.5. The molecule has 0 unspecified atom stereocenters. The number of halogens is 4. The highest BCUT2D eigenvalue weighted by atomic mass is 35.5. The van der Waals surface area contributed by atoms with Gasteiger partial charge in [-0.25, -0.2) is 28.1 Å². The zero-order chi connectivity index (χ0) is 24.1. The third-order valence-corrected chi connectivity index (χ3v) is 6.89. The molecule has 7 nitrogen and oxygen atoms in total. The van der Waals surface area contributed by atoms with Crippen LogP contribution in [0.2, 0.25) is 5.02 Å². The van der Waals surface area contributed by atoms with Gasteiger partial charge in [0.25, 0.3) is 0 Å². The molecule has 2 aromatic heterocycles. The summed E-state index contributed by atoms with van der Waals surface area (Å²) in [6, 6.07) is 2.35. The Labute approximate surface area is 200 Å². The highest BCUT2D eigenvalue weighted by Crippen LogP contribution is 2.42. The largest absolute Gasteiger partial charge is 0.375 e. The Hall–Kier alpha value is -3.44. The van der Waals surface area contributed by atoms with Crippen LogP contribution in [-0.2, 0) is 4.79 Å². The van der Waals surface area contributed by atoms with Crippen LogP contribution in [0.4, 0.5) is 24.1 Å². The lowest BCUT2D eigenvalue weighted by Gasteiger charge is -2.35. The summed E-state index contributed by atoms with van der Waals surface area (Å²) in [6.45, 7) is 5.33. The first kappa shape index (κ1) is 22.4. The average Bonchev–Trinajstić information content (AvgIpc) is 3.23. The van der Waals surface area contributed by atoms with Gasteiger partial charge >= 0.3 is 0 Å². The van der Waals surface area contributed by atoms with E-state index in [4.69, 9.17) is 17.3 Å². The molecule has 1 aliphatic rings. The third kappa shape index (κ3) is 3.51. The van der Waals surface area contributed by atoms with Crippen molar-refractivity contribution in [2.24, 2.45) is 0 Å². The van der Waals surface area contributed by atoms with Gasteiger partial charge in [0.15, 0.2) is 22.6 Å². The fourth-order valence-corrected chi connectivity index (χ4v) is 5.19. The summed E-state index contributed by atoms with van der Waals surface area (Å²) in [5, 5.41) is 0.325. The number of rotatable bonds is 3. The van der Waals surface area contributed by atoms with E-state index in [1.165, 1.54) is 18.5 Å². The molecule has 1 saturated heterocycles. The number of fused-ring (bicyclic) bond motifs is 2. The fraction of sp³-hybridized carbons (Fsp3) is 0.182. The number of hydrogen-bond acceptors (Lipinski definition) is 7. The molecule has 1 amide bonds. The van der Waals surface area contributed by atoms with Crippen molar-refractivity contribution in [3.63, 3.8) is 0 Å². The number of nitrogens with two attached hydrogens (primary N) is 1. The Bertz CT molecular complexity index is 1490. The maximum atomic E-state index is 15.8. The average molecular weight is 505 g/mol. The van der Waals surface area contributed by atoms with Crippen molar-refractivity contribution < 1.29 is 18.0 Å². The lowest BCUT2D eigenvalue weighted by atomic mass is 10.0.